The van der Waals surface area contributed by atoms with E-state index >= 15 is 0 Å². The topological polar surface area (TPSA) is 40.6 Å². The minimum Gasteiger partial charge on any atom is -0.311 e. The summed E-state index contributed by atoms with van der Waals surface area (Å²) < 4.78 is 41.0. The van der Waals surface area contributed by atoms with Gasteiger partial charge in [0, 0.05) is 23.4 Å². The van der Waals surface area contributed by atoms with E-state index in [0.717, 1.165) is 23.8 Å². The SMILES string of the molecule is Cc1ccc2c(c1)[C@@]1(SCCN1C(=O)c1cccc(F)c1)C(=O)N2Cc1ccc(F)c(F)c1. The molecule has 4 nitrogen and oxygen atoms in total. The van der Waals surface area contributed by atoms with Gasteiger partial charge >= 0.3 is 0 Å². The van der Waals surface area contributed by atoms with Crippen LogP contribution in [0.4, 0.5) is 18.9 Å². The molecule has 2 aliphatic rings. The normalized spacial score (nSPS) is 19.5. The lowest BCUT2D eigenvalue weighted by Gasteiger charge is -2.33. The number of thioether (sulfide) groups is 1. The summed E-state index contributed by atoms with van der Waals surface area (Å²) in [5.41, 5.74) is 2.79. The van der Waals surface area contributed by atoms with Gasteiger partial charge in [-0.05, 0) is 48.9 Å². The Hall–Kier alpha value is -3.26. The maximum atomic E-state index is 13.9. The quantitative estimate of drug-likeness (QED) is 0.543. The Morgan fingerprint density at radius 1 is 1.03 bits per heavy atom. The Morgan fingerprint density at radius 3 is 2.61 bits per heavy atom. The lowest BCUT2D eigenvalue weighted by atomic mass is 10.0. The number of rotatable bonds is 3. The predicted molar refractivity (Wildman–Crippen MR) is 120 cm³/mol. The first-order chi connectivity index (χ1) is 15.8. The van der Waals surface area contributed by atoms with Crippen molar-refractivity contribution in [3.05, 3.63) is 100 Å². The molecule has 0 aliphatic carbocycles. The molecule has 0 bridgehead atoms. The second kappa shape index (κ2) is 7.95. The number of carbonyl (C=O) groups is 2. The Balaban J connectivity index is 1.60. The number of nitrogens with zero attached hydrogens (tertiary/aromatic N) is 2. The van der Waals surface area contributed by atoms with E-state index in [1.54, 1.807) is 6.07 Å². The van der Waals surface area contributed by atoms with Crippen molar-refractivity contribution in [2.45, 2.75) is 18.3 Å². The second-order valence-electron chi connectivity index (χ2n) is 8.12. The average Bonchev–Trinajstić information content (AvgIpc) is 3.33. The molecule has 0 N–H and O–H groups in total. The van der Waals surface area contributed by atoms with Crippen LogP contribution in [-0.2, 0) is 16.2 Å². The summed E-state index contributed by atoms with van der Waals surface area (Å²) in [5, 5.41) is 0. The number of halogens is 3. The molecule has 168 valence electrons. The highest BCUT2D eigenvalue weighted by Crippen LogP contribution is 2.55. The summed E-state index contributed by atoms with van der Waals surface area (Å²) in [4.78, 5) is 29.1. The van der Waals surface area contributed by atoms with Crippen molar-refractivity contribution in [2.24, 2.45) is 0 Å². The zero-order valence-corrected chi connectivity index (χ0v) is 18.5. The van der Waals surface area contributed by atoms with Gasteiger partial charge in [-0.2, -0.15) is 0 Å². The summed E-state index contributed by atoms with van der Waals surface area (Å²) >= 11 is 1.35. The van der Waals surface area contributed by atoms with E-state index in [2.05, 4.69) is 0 Å². The molecular weight excluding hydrogens is 449 g/mol. The van der Waals surface area contributed by atoms with Crippen LogP contribution in [0.15, 0.2) is 60.7 Å². The molecule has 0 unspecified atom stereocenters. The standard InChI is InChI=1S/C25H19F3N2O2S/c1-15-5-8-22-19(11-15)25(24(32)29(22)14-16-6-7-20(27)21(28)12-16)30(9-10-33-25)23(31)17-3-2-4-18(26)13-17/h2-8,11-13H,9-10,14H2,1H3/t25-/m1/s1. The van der Waals surface area contributed by atoms with Crippen LogP contribution < -0.4 is 4.90 Å². The number of fused-ring (bicyclic) bond motifs is 2. The third kappa shape index (κ3) is 3.40. The van der Waals surface area contributed by atoms with Gasteiger partial charge in [-0.15, -0.1) is 11.8 Å². The number of benzene rings is 3. The van der Waals surface area contributed by atoms with Crippen LogP contribution in [-0.4, -0.2) is 29.0 Å². The molecule has 33 heavy (non-hydrogen) atoms. The molecule has 2 amide bonds. The van der Waals surface area contributed by atoms with Crippen LogP contribution in [0.5, 0.6) is 0 Å². The summed E-state index contributed by atoms with van der Waals surface area (Å²) in [6.45, 7) is 2.24. The fraction of sp³-hybridized carbons (Fsp3) is 0.200. The van der Waals surface area contributed by atoms with Gasteiger partial charge in [0.2, 0.25) is 0 Å². The molecule has 2 heterocycles. The molecule has 8 heteroatoms. The van der Waals surface area contributed by atoms with Crippen molar-refractivity contribution in [3.63, 3.8) is 0 Å². The van der Waals surface area contributed by atoms with Crippen molar-refractivity contribution < 1.29 is 22.8 Å². The fourth-order valence-corrected chi connectivity index (χ4v) is 5.94. The zero-order chi connectivity index (χ0) is 23.3. The van der Waals surface area contributed by atoms with E-state index in [0.29, 0.717) is 29.1 Å². The third-order valence-electron chi connectivity index (χ3n) is 5.99. The average molecular weight is 469 g/mol. The van der Waals surface area contributed by atoms with Crippen LogP contribution in [0.3, 0.4) is 0 Å². The molecule has 3 aromatic rings. The minimum absolute atomic E-state index is 0.0242. The van der Waals surface area contributed by atoms with Gasteiger partial charge in [-0.25, -0.2) is 13.2 Å². The predicted octanol–water partition coefficient (Wildman–Crippen LogP) is 5.00. The van der Waals surface area contributed by atoms with Gasteiger partial charge in [0.1, 0.15) is 5.82 Å². The summed E-state index contributed by atoms with van der Waals surface area (Å²) in [7, 11) is 0. The van der Waals surface area contributed by atoms with E-state index in [9.17, 15) is 22.8 Å². The van der Waals surface area contributed by atoms with Gasteiger partial charge < -0.3 is 9.80 Å². The Kier molecular flexibility index (Phi) is 5.20. The number of anilines is 1. The monoisotopic (exact) mass is 468 g/mol. The first kappa shape index (κ1) is 21.6. The van der Waals surface area contributed by atoms with E-state index in [1.165, 1.54) is 45.8 Å². The summed E-state index contributed by atoms with van der Waals surface area (Å²) in [6, 6.07) is 14.5. The minimum atomic E-state index is -1.30. The maximum Gasteiger partial charge on any atom is 0.268 e. The molecule has 0 saturated carbocycles. The number of aryl methyl sites for hydroxylation is 1. The zero-order valence-electron chi connectivity index (χ0n) is 17.6. The highest BCUT2D eigenvalue weighted by molar-refractivity contribution is 8.01. The number of hydrogen-bond acceptors (Lipinski definition) is 3. The second-order valence-corrected chi connectivity index (χ2v) is 9.41. The Bertz CT molecular complexity index is 1300. The highest BCUT2D eigenvalue weighted by Gasteiger charge is 2.59. The fourth-order valence-electron chi connectivity index (χ4n) is 4.48. The van der Waals surface area contributed by atoms with Gasteiger partial charge in [-0.1, -0.05) is 29.8 Å². The highest BCUT2D eigenvalue weighted by atomic mass is 32.2. The van der Waals surface area contributed by atoms with Gasteiger partial charge in [0.15, 0.2) is 16.5 Å². The molecule has 1 fully saturated rings. The number of amides is 2. The first-order valence-corrected chi connectivity index (χ1v) is 11.4. The summed E-state index contributed by atoms with van der Waals surface area (Å²) in [5.74, 6) is -2.72. The van der Waals surface area contributed by atoms with Crippen LogP contribution in [0.25, 0.3) is 0 Å². The first-order valence-electron chi connectivity index (χ1n) is 10.4. The van der Waals surface area contributed by atoms with Crippen LogP contribution in [0, 0.1) is 24.4 Å². The number of carbonyl (C=O) groups excluding carboxylic acids is 2. The maximum absolute atomic E-state index is 13.9. The van der Waals surface area contributed by atoms with E-state index in [1.807, 2.05) is 19.1 Å². The number of hydrogen-bond donors (Lipinski definition) is 0. The lowest BCUT2D eigenvalue weighted by molar-refractivity contribution is -0.123. The molecule has 0 radical (unpaired) electrons. The van der Waals surface area contributed by atoms with E-state index in [4.69, 9.17) is 0 Å². The van der Waals surface area contributed by atoms with Gasteiger partial charge in [0.25, 0.3) is 11.8 Å². The molecule has 0 aromatic heterocycles. The molecule has 1 spiro atoms. The van der Waals surface area contributed by atoms with Gasteiger partial charge in [0.05, 0.1) is 12.2 Å². The smallest absolute Gasteiger partial charge is 0.268 e. The van der Waals surface area contributed by atoms with Crippen LogP contribution in [0.2, 0.25) is 0 Å². The van der Waals surface area contributed by atoms with Crippen LogP contribution >= 0.6 is 11.8 Å². The molecule has 1 saturated heterocycles. The molecule has 3 aromatic carbocycles. The van der Waals surface area contributed by atoms with Gasteiger partial charge in [-0.3, -0.25) is 9.59 Å². The Labute approximate surface area is 193 Å². The molecule has 5 rings (SSSR count). The van der Waals surface area contributed by atoms with Crippen LogP contribution in [0.1, 0.15) is 27.0 Å². The van der Waals surface area contributed by atoms with Crippen molar-refractivity contribution in [1.29, 1.82) is 0 Å². The summed E-state index contributed by atoms with van der Waals surface area (Å²) in [6.07, 6.45) is 0. The lowest BCUT2D eigenvalue weighted by Crippen LogP contribution is -2.50. The van der Waals surface area contributed by atoms with E-state index in [-0.39, 0.29) is 18.0 Å². The largest absolute Gasteiger partial charge is 0.311 e. The van der Waals surface area contributed by atoms with Crippen molar-refractivity contribution >= 4 is 29.3 Å². The van der Waals surface area contributed by atoms with Crippen molar-refractivity contribution in [1.82, 2.24) is 4.90 Å². The molecular formula is C25H19F3N2O2S. The third-order valence-corrected chi connectivity index (χ3v) is 7.41. The van der Waals surface area contributed by atoms with Crippen molar-refractivity contribution in [3.8, 4) is 0 Å². The van der Waals surface area contributed by atoms with Crippen molar-refractivity contribution in [2.75, 3.05) is 17.2 Å². The molecule has 2 aliphatic heterocycles. The molecule has 1 atom stereocenters. The van der Waals surface area contributed by atoms with E-state index < -0.39 is 28.2 Å². The Morgan fingerprint density at radius 2 is 1.85 bits per heavy atom.